The number of piperidine rings is 1. The normalized spacial score (nSPS) is 19.9. The Morgan fingerprint density at radius 1 is 1.30 bits per heavy atom. The Morgan fingerprint density at radius 3 is 2.85 bits per heavy atom. The Hall–Kier alpha value is -1.26. The second-order valence-electron chi connectivity index (χ2n) is 5.48. The van der Waals surface area contributed by atoms with Crippen LogP contribution in [0.25, 0.3) is 0 Å². The largest absolute Gasteiger partial charge is 0.497 e. The number of ether oxygens (including phenoxy) is 2. The standard InChI is InChI=1S/C16H26N2O2/c1-17-10-13-5-4-8-18(11-13)12-14-9-15(19-2)6-7-16(14)20-3/h6-7,9,13,17H,4-5,8,10-12H2,1-3H3. The highest BCUT2D eigenvalue weighted by molar-refractivity contribution is 5.40. The zero-order chi connectivity index (χ0) is 14.4. The Morgan fingerprint density at radius 2 is 2.15 bits per heavy atom. The molecule has 1 saturated heterocycles. The molecule has 1 aromatic carbocycles. The van der Waals surface area contributed by atoms with E-state index in [0.29, 0.717) is 0 Å². The van der Waals surface area contributed by atoms with E-state index in [2.05, 4.69) is 16.3 Å². The second kappa shape index (κ2) is 7.50. The maximum atomic E-state index is 5.47. The average molecular weight is 278 g/mol. The van der Waals surface area contributed by atoms with Crippen LogP contribution in [-0.2, 0) is 6.54 Å². The molecular weight excluding hydrogens is 252 g/mol. The van der Waals surface area contributed by atoms with Crippen molar-refractivity contribution in [1.29, 1.82) is 0 Å². The van der Waals surface area contributed by atoms with Crippen LogP contribution in [0, 0.1) is 5.92 Å². The average Bonchev–Trinajstić information content (AvgIpc) is 2.48. The molecule has 1 aromatic rings. The maximum Gasteiger partial charge on any atom is 0.123 e. The molecule has 1 heterocycles. The van der Waals surface area contributed by atoms with Crippen LogP contribution < -0.4 is 14.8 Å². The van der Waals surface area contributed by atoms with Gasteiger partial charge in [-0.05, 0) is 57.1 Å². The first-order valence-electron chi connectivity index (χ1n) is 7.34. The Kier molecular flexibility index (Phi) is 5.68. The minimum Gasteiger partial charge on any atom is -0.497 e. The van der Waals surface area contributed by atoms with Crippen LogP contribution in [0.1, 0.15) is 18.4 Å². The van der Waals surface area contributed by atoms with Gasteiger partial charge in [0.1, 0.15) is 11.5 Å². The molecule has 0 radical (unpaired) electrons. The van der Waals surface area contributed by atoms with Gasteiger partial charge >= 0.3 is 0 Å². The van der Waals surface area contributed by atoms with E-state index in [9.17, 15) is 0 Å². The van der Waals surface area contributed by atoms with Gasteiger partial charge in [-0.3, -0.25) is 4.90 Å². The van der Waals surface area contributed by atoms with Crippen LogP contribution >= 0.6 is 0 Å². The van der Waals surface area contributed by atoms with Crippen molar-refractivity contribution in [3.8, 4) is 11.5 Å². The first-order valence-corrected chi connectivity index (χ1v) is 7.34. The molecule has 1 aliphatic rings. The van der Waals surface area contributed by atoms with E-state index in [1.54, 1.807) is 14.2 Å². The van der Waals surface area contributed by atoms with Crippen LogP contribution in [0.3, 0.4) is 0 Å². The van der Waals surface area contributed by atoms with Gasteiger partial charge in [-0.15, -0.1) is 0 Å². The van der Waals surface area contributed by atoms with Crippen molar-refractivity contribution in [1.82, 2.24) is 10.2 Å². The summed E-state index contributed by atoms with van der Waals surface area (Å²) in [5, 5.41) is 3.29. The van der Waals surface area contributed by atoms with Crippen LogP contribution in [0.2, 0.25) is 0 Å². The van der Waals surface area contributed by atoms with Gasteiger partial charge in [0.05, 0.1) is 14.2 Å². The molecule has 20 heavy (non-hydrogen) atoms. The Labute approximate surface area is 122 Å². The van der Waals surface area contributed by atoms with Crippen LogP contribution in [0.15, 0.2) is 18.2 Å². The fraction of sp³-hybridized carbons (Fsp3) is 0.625. The molecule has 112 valence electrons. The molecule has 0 aliphatic carbocycles. The highest BCUT2D eigenvalue weighted by Gasteiger charge is 2.20. The second-order valence-corrected chi connectivity index (χ2v) is 5.48. The predicted octanol–water partition coefficient (Wildman–Crippen LogP) is 2.14. The summed E-state index contributed by atoms with van der Waals surface area (Å²) in [4.78, 5) is 2.52. The molecule has 0 aromatic heterocycles. The molecule has 1 aliphatic heterocycles. The van der Waals surface area contributed by atoms with Crippen molar-refractivity contribution in [3.63, 3.8) is 0 Å². The lowest BCUT2D eigenvalue weighted by molar-refractivity contribution is 0.165. The third-order valence-electron chi connectivity index (χ3n) is 3.98. The highest BCUT2D eigenvalue weighted by atomic mass is 16.5. The van der Waals surface area contributed by atoms with Gasteiger partial charge in [0, 0.05) is 18.7 Å². The van der Waals surface area contributed by atoms with E-state index in [1.807, 2.05) is 19.2 Å². The van der Waals surface area contributed by atoms with Crippen molar-refractivity contribution >= 4 is 0 Å². The quantitative estimate of drug-likeness (QED) is 0.864. The summed E-state index contributed by atoms with van der Waals surface area (Å²) in [6.45, 7) is 4.36. The number of rotatable bonds is 6. The van der Waals surface area contributed by atoms with Crippen molar-refractivity contribution in [2.45, 2.75) is 19.4 Å². The molecule has 0 spiro atoms. The van der Waals surface area contributed by atoms with E-state index >= 15 is 0 Å². The summed E-state index contributed by atoms with van der Waals surface area (Å²) in [7, 11) is 5.46. The monoisotopic (exact) mass is 278 g/mol. The van der Waals surface area contributed by atoms with Gasteiger partial charge in [0.2, 0.25) is 0 Å². The fourth-order valence-corrected chi connectivity index (χ4v) is 3.00. The smallest absolute Gasteiger partial charge is 0.123 e. The third-order valence-corrected chi connectivity index (χ3v) is 3.98. The van der Waals surface area contributed by atoms with Crippen molar-refractivity contribution in [2.75, 3.05) is 40.9 Å². The maximum absolute atomic E-state index is 5.47. The van der Waals surface area contributed by atoms with E-state index in [1.165, 1.54) is 24.9 Å². The highest BCUT2D eigenvalue weighted by Crippen LogP contribution is 2.27. The molecule has 0 saturated carbocycles. The van der Waals surface area contributed by atoms with E-state index in [4.69, 9.17) is 9.47 Å². The summed E-state index contributed by atoms with van der Waals surface area (Å²) in [5.74, 6) is 2.59. The molecule has 1 unspecified atom stereocenters. The molecule has 1 N–H and O–H groups in total. The first kappa shape index (κ1) is 15.1. The molecule has 4 heteroatoms. The SMILES string of the molecule is CNCC1CCCN(Cc2cc(OC)ccc2OC)C1. The fourth-order valence-electron chi connectivity index (χ4n) is 3.00. The molecule has 1 atom stereocenters. The molecule has 1 fully saturated rings. The Bertz CT molecular complexity index is 421. The van der Waals surface area contributed by atoms with Gasteiger partial charge in [0.15, 0.2) is 0 Å². The van der Waals surface area contributed by atoms with Crippen LogP contribution in [0.5, 0.6) is 11.5 Å². The van der Waals surface area contributed by atoms with E-state index in [0.717, 1.165) is 37.1 Å². The van der Waals surface area contributed by atoms with Gasteiger partial charge in [0.25, 0.3) is 0 Å². The molecule has 0 bridgehead atoms. The summed E-state index contributed by atoms with van der Waals surface area (Å²) >= 11 is 0. The molecule has 2 rings (SSSR count). The van der Waals surface area contributed by atoms with Gasteiger partial charge in [-0.2, -0.15) is 0 Å². The van der Waals surface area contributed by atoms with Gasteiger partial charge in [-0.25, -0.2) is 0 Å². The number of hydrogen-bond donors (Lipinski definition) is 1. The van der Waals surface area contributed by atoms with Crippen molar-refractivity contribution in [3.05, 3.63) is 23.8 Å². The topological polar surface area (TPSA) is 33.7 Å². The van der Waals surface area contributed by atoms with Crippen LogP contribution in [-0.4, -0.2) is 45.8 Å². The summed E-state index contributed by atoms with van der Waals surface area (Å²) in [6, 6.07) is 6.02. The lowest BCUT2D eigenvalue weighted by atomic mass is 9.97. The number of benzene rings is 1. The van der Waals surface area contributed by atoms with E-state index in [-0.39, 0.29) is 0 Å². The summed E-state index contributed by atoms with van der Waals surface area (Å²) in [5.41, 5.74) is 1.21. The zero-order valence-corrected chi connectivity index (χ0v) is 12.8. The van der Waals surface area contributed by atoms with Gasteiger partial charge < -0.3 is 14.8 Å². The van der Waals surface area contributed by atoms with Crippen molar-refractivity contribution < 1.29 is 9.47 Å². The van der Waals surface area contributed by atoms with Crippen LogP contribution in [0.4, 0.5) is 0 Å². The Balaban J connectivity index is 2.04. The lowest BCUT2D eigenvalue weighted by Crippen LogP contribution is -2.38. The van der Waals surface area contributed by atoms with E-state index < -0.39 is 0 Å². The molecule has 4 nitrogen and oxygen atoms in total. The first-order chi connectivity index (χ1) is 9.76. The summed E-state index contributed by atoms with van der Waals surface area (Å²) in [6.07, 6.45) is 2.60. The zero-order valence-electron chi connectivity index (χ0n) is 12.8. The number of hydrogen-bond acceptors (Lipinski definition) is 4. The number of nitrogens with zero attached hydrogens (tertiary/aromatic N) is 1. The minimum absolute atomic E-state index is 0.755. The van der Waals surface area contributed by atoms with Gasteiger partial charge in [-0.1, -0.05) is 0 Å². The number of methoxy groups -OCH3 is 2. The van der Waals surface area contributed by atoms with Crippen molar-refractivity contribution in [2.24, 2.45) is 5.92 Å². The minimum atomic E-state index is 0.755. The molecule has 0 amide bonds. The number of likely N-dealkylation sites (tertiary alicyclic amines) is 1. The third kappa shape index (κ3) is 3.87. The summed E-state index contributed by atoms with van der Waals surface area (Å²) < 4.78 is 10.8. The molecular formula is C16H26N2O2. The number of nitrogens with one attached hydrogen (secondary N) is 1. The lowest BCUT2D eigenvalue weighted by Gasteiger charge is -2.33. The predicted molar refractivity (Wildman–Crippen MR) is 81.5 cm³/mol.